The van der Waals surface area contributed by atoms with Crippen LogP contribution in [0.15, 0.2) is 176 Å². The minimum absolute atomic E-state index is 0. The fourth-order valence-electron chi connectivity index (χ4n) is 9.23. The van der Waals surface area contributed by atoms with E-state index in [2.05, 4.69) is 53.2 Å². The summed E-state index contributed by atoms with van der Waals surface area (Å²) < 4.78 is 26.0. The van der Waals surface area contributed by atoms with E-state index in [1.54, 1.807) is 81.1 Å². The van der Waals surface area contributed by atoms with Crippen LogP contribution in [0, 0.1) is 4.77 Å². The molecule has 3 heterocycles. The standard InChI is InChI=1S/C20H24N2O4S.C19H21N3O3S.C11H15NO3.C9H9NOS.C8H11NO.C7H6N4S.3CH4.H3N.H2O.H3P/c1-12(2)15-8-16(18(24)9-17(15)23)19(25)11-22-20(27)21-10-13-4-6-14(26-3)7-5-13;1-11(2)14-8-15(17(24)9-16(14)23)18-20-21-19(26)22(18)10-12-4-6-13(25-3)7-5-12;1-6(2)7-3-8(11(15)5-12)10(14)4-9(7)13;1-11-9-4-2-8(3-5-9)6-10-7-12;1-10-8-4-2-7(6-9)3-5-8;12-7(10-3-1-8-5-10)11-4-2-9-6-11;;;;;;/h4-9,12,23-24H,10-11H2,1-3H3,(H2,21,22,27);4-9,11,23-24H,10H2,1-3H3,(H,21,26);3-4,6,13-14H,5,12H2,1-2H3;2-5H,6H2,1H3;2-5H,6,9H2,1H3;1-6H;3*1H4;1H3;1H2;1H3. The lowest BCUT2D eigenvalue weighted by Gasteiger charge is -2.13. The molecule has 10 aromatic rings. The number of aliphatic imine (C=N–C) groups is 1. The number of aromatic hydroxyl groups is 6. The normalized spacial score (nSPS) is 9.73. The molecule has 0 aliphatic heterocycles. The summed E-state index contributed by atoms with van der Waals surface area (Å²) in [6.07, 6.45) is 10.3. The number of hydrogen-bond acceptors (Lipinski definition) is 23. The van der Waals surface area contributed by atoms with Crippen LogP contribution in [0.4, 0.5) is 0 Å². The second-order valence-electron chi connectivity index (χ2n) is 23.0. The molecule has 3 aromatic heterocycles. The molecule has 10 rings (SSSR count). The number of nitrogens with zero attached hydrogens (tertiary/aromatic N) is 7. The zero-order valence-electron chi connectivity index (χ0n) is 60.1. The van der Waals surface area contributed by atoms with Crippen molar-refractivity contribution in [2.45, 2.75) is 108 Å². The van der Waals surface area contributed by atoms with Gasteiger partial charge in [0.05, 0.1) is 76.5 Å². The van der Waals surface area contributed by atoms with E-state index in [9.17, 15) is 40.2 Å². The van der Waals surface area contributed by atoms with Crippen LogP contribution >= 0.6 is 58.8 Å². The highest BCUT2D eigenvalue weighted by molar-refractivity contribution is 7.80. The number of benzene rings is 7. The number of aromatic nitrogens is 7. The van der Waals surface area contributed by atoms with Gasteiger partial charge in [0.25, 0.3) is 0 Å². The Hall–Kier alpha value is -10.5. The number of imidazole rings is 2. The Bertz CT molecular complexity index is 4370. The van der Waals surface area contributed by atoms with Crippen LogP contribution < -0.4 is 47.2 Å². The van der Waals surface area contributed by atoms with Gasteiger partial charge in [0.15, 0.2) is 32.4 Å². The Labute approximate surface area is 657 Å². The molecule has 0 saturated heterocycles. The second kappa shape index (κ2) is 50.9. The number of rotatable bonds is 20. The SMILES string of the molecule is C.C.C.CC(C)c1cc(C(=O)CN)c(O)cc1O.COc1ccc(CN)cc1.COc1ccc(CN=C=S)cc1.COc1ccc(CNC(=S)NCC(=O)c2cc(C(C)C)c(O)cc2O)cc1.COc1ccc(Cn2c(-c3cc(C(C)C)c(O)cc3O)n[nH]c2=S)cc1.N.O.P.S=C(n1ccnc1)n1ccnc1. The number of methoxy groups -OCH3 is 4. The molecule has 0 amide bonds. The first-order valence-corrected chi connectivity index (χ1v) is 33.3. The summed E-state index contributed by atoms with van der Waals surface area (Å²) in [6, 6.07) is 39.1. The van der Waals surface area contributed by atoms with E-state index in [0.29, 0.717) is 63.7 Å². The van der Waals surface area contributed by atoms with Crippen molar-refractivity contribution in [1.29, 1.82) is 0 Å². The smallest absolute Gasteiger partial charge is 0.195 e. The molecule has 0 radical (unpaired) electrons. The fourth-order valence-corrected chi connectivity index (χ4v) is 9.85. The van der Waals surface area contributed by atoms with Crippen molar-refractivity contribution in [3.05, 3.63) is 226 Å². The Balaban J connectivity index is 0. The minimum atomic E-state index is -0.339. The van der Waals surface area contributed by atoms with E-state index < -0.39 is 0 Å². The molecule has 0 fully saturated rings. The highest BCUT2D eigenvalue weighted by Crippen LogP contribution is 2.38. The molecule has 0 aliphatic rings. The average molecular weight is 1580 g/mol. The summed E-state index contributed by atoms with van der Waals surface area (Å²) in [4.78, 5) is 35.4. The van der Waals surface area contributed by atoms with Gasteiger partial charge in [-0.15, -0.1) is 0 Å². The number of carbonyl (C=O) groups is 2. The van der Waals surface area contributed by atoms with Crippen molar-refractivity contribution >= 4 is 85.7 Å². The number of ether oxygens (including phenoxy) is 4. The minimum Gasteiger partial charge on any atom is -0.508 e. The van der Waals surface area contributed by atoms with Gasteiger partial charge >= 0.3 is 0 Å². The number of thiocarbonyl (C=S) groups is 3. The Morgan fingerprint density at radius 2 is 0.954 bits per heavy atom. The molecule has 0 spiro atoms. The molecule has 26 nitrogen and oxygen atoms in total. The van der Waals surface area contributed by atoms with Crippen LogP contribution in [-0.4, -0.2) is 138 Å². The number of nitrogens with two attached hydrogens (primary N) is 2. The van der Waals surface area contributed by atoms with Crippen molar-refractivity contribution < 1.29 is 64.7 Å². The summed E-state index contributed by atoms with van der Waals surface area (Å²) in [7, 11) is 6.53. The second-order valence-corrected chi connectivity index (χ2v) is 24.3. The van der Waals surface area contributed by atoms with E-state index in [1.165, 1.54) is 30.3 Å². The van der Waals surface area contributed by atoms with Gasteiger partial charge in [-0.3, -0.25) is 28.4 Å². The van der Waals surface area contributed by atoms with Gasteiger partial charge in [0.1, 0.15) is 70.1 Å². The van der Waals surface area contributed by atoms with Crippen molar-refractivity contribution in [2.75, 3.05) is 41.5 Å². The van der Waals surface area contributed by atoms with Crippen molar-refractivity contribution in [3.63, 3.8) is 0 Å². The van der Waals surface area contributed by atoms with Crippen LogP contribution in [-0.2, 0) is 26.2 Å². The third kappa shape index (κ3) is 30.8. The number of aromatic amines is 1. The zero-order valence-corrected chi connectivity index (χ0v) is 64.8. The molecule has 0 aliphatic carbocycles. The molecule has 108 heavy (non-hydrogen) atoms. The summed E-state index contributed by atoms with van der Waals surface area (Å²) >= 11 is 20.2. The molecule has 0 saturated carbocycles. The first-order chi connectivity index (χ1) is 48.8. The molecular formula is C77H106N13O13PS4. The van der Waals surface area contributed by atoms with Gasteiger partial charge < -0.3 is 83.3 Å². The van der Waals surface area contributed by atoms with Gasteiger partial charge in [0, 0.05) is 56.1 Å². The van der Waals surface area contributed by atoms with Gasteiger partial charge in [0.2, 0.25) is 0 Å². The molecule has 7 aromatic carbocycles. The third-order valence-corrected chi connectivity index (χ3v) is 16.1. The highest BCUT2D eigenvalue weighted by atomic mass is 32.1. The number of isothiocyanates is 1. The van der Waals surface area contributed by atoms with Crippen molar-refractivity contribution in [1.82, 2.24) is 50.7 Å². The van der Waals surface area contributed by atoms with Gasteiger partial charge in [-0.25, -0.2) is 15.0 Å². The lowest BCUT2D eigenvalue weighted by Crippen LogP contribution is -2.37. The van der Waals surface area contributed by atoms with E-state index in [4.69, 9.17) is 67.1 Å². The maximum absolute atomic E-state index is 12.4. The number of ketones is 2. The van der Waals surface area contributed by atoms with E-state index in [1.807, 2.05) is 143 Å². The number of phenols is 6. The Morgan fingerprint density at radius 3 is 1.33 bits per heavy atom. The summed E-state index contributed by atoms with van der Waals surface area (Å²) in [5.41, 5.74) is 17.7. The quantitative estimate of drug-likeness (QED) is 0.0146. The number of H-pyrrole nitrogens is 1. The molecule has 18 N–H and O–H groups in total. The molecule has 586 valence electrons. The Morgan fingerprint density at radius 1 is 0.565 bits per heavy atom. The zero-order chi connectivity index (χ0) is 75.0. The van der Waals surface area contributed by atoms with Gasteiger partial charge in [-0.1, -0.05) is 112 Å². The third-order valence-electron chi connectivity index (χ3n) is 14.9. The number of Topliss-reactive ketones (excluding diaryl/α,β-unsaturated/α-hetero) is 2. The first-order valence-electron chi connectivity index (χ1n) is 31.7. The lowest BCUT2D eigenvalue weighted by molar-refractivity contribution is 0.0987. The predicted octanol–water partition coefficient (Wildman–Crippen LogP) is 14.2. The van der Waals surface area contributed by atoms with Crippen LogP contribution in [0.5, 0.6) is 57.5 Å². The lowest BCUT2D eigenvalue weighted by atomic mass is 9.97. The maximum Gasteiger partial charge on any atom is 0.195 e. The highest BCUT2D eigenvalue weighted by Gasteiger charge is 2.20. The largest absolute Gasteiger partial charge is 0.508 e. The van der Waals surface area contributed by atoms with E-state index in [0.717, 1.165) is 50.8 Å². The summed E-state index contributed by atoms with van der Waals surface area (Å²) in [5.74, 6) is 2.87. The summed E-state index contributed by atoms with van der Waals surface area (Å²) in [6.45, 7) is 13.5. The van der Waals surface area contributed by atoms with E-state index in [-0.39, 0.29) is 132 Å². The first kappa shape index (κ1) is 99.6. The molecule has 0 bridgehead atoms. The molecular weight excluding hydrogens is 1470 g/mol. The summed E-state index contributed by atoms with van der Waals surface area (Å²) in [5, 5.41) is 75.5. The van der Waals surface area contributed by atoms with Crippen molar-refractivity contribution in [2.24, 2.45) is 16.5 Å². The topological polar surface area (TPSA) is 417 Å². The molecule has 1 unspecified atom stereocenters. The number of hydrogen-bond donors (Lipinski definition) is 12. The number of phenolic OH excluding ortho intramolecular Hbond substituents is 6. The van der Waals surface area contributed by atoms with Gasteiger partial charge in [-0.05, 0) is 172 Å². The van der Waals surface area contributed by atoms with Crippen LogP contribution in [0.3, 0.4) is 0 Å². The van der Waals surface area contributed by atoms with Crippen molar-refractivity contribution in [3.8, 4) is 68.9 Å². The van der Waals surface area contributed by atoms with E-state index >= 15 is 0 Å². The monoisotopic (exact) mass is 1580 g/mol. The fraction of sp³-hybridized carbons (Fsp3) is 0.286. The van der Waals surface area contributed by atoms with Crippen LogP contribution in [0.2, 0.25) is 0 Å². The molecule has 31 heteroatoms. The number of carbonyl (C=O) groups excluding carboxylic acids is 2. The Kier molecular flexibility index (Phi) is 46.9. The molecule has 1 atom stereocenters. The van der Waals surface area contributed by atoms with Gasteiger partial charge in [-0.2, -0.15) is 15.0 Å². The van der Waals surface area contributed by atoms with Crippen LogP contribution in [0.25, 0.3) is 11.4 Å². The average Bonchev–Trinajstić information content (AvgIpc) is 1.46. The predicted molar refractivity (Wildman–Crippen MR) is 449 cm³/mol. The maximum atomic E-state index is 12.4. The van der Waals surface area contributed by atoms with Crippen LogP contribution in [0.1, 0.15) is 141 Å². The number of nitrogens with one attached hydrogen (secondary N) is 3.